The summed E-state index contributed by atoms with van der Waals surface area (Å²) in [5.41, 5.74) is 1.12. The van der Waals surface area contributed by atoms with Crippen LogP contribution >= 0.6 is 35.6 Å². The molecule has 2 rings (SSSR count). The first kappa shape index (κ1) is 19.6. The van der Waals surface area contributed by atoms with Crippen LogP contribution in [0, 0.1) is 0 Å². The van der Waals surface area contributed by atoms with E-state index in [9.17, 15) is 4.79 Å². The van der Waals surface area contributed by atoms with E-state index in [0.717, 1.165) is 37.8 Å². The minimum Gasteiger partial charge on any atom is -0.353 e. The number of hydrogen-bond acceptors (Lipinski definition) is 2. The molecule has 124 valence electrons. The van der Waals surface area contributed by atoms with Crippen molar-refractivity contribution in [3.05, 3.63) is 33.8 Å². The third kappa shape index (κ3) is 6.33. The van der Waals surface area contributed by atoms with E-state index in [0.29, 0.717) is 28.5 Å². The van der Waals surface area contributed by atoms with Crippen molar-refractivity contribution in [2.24, 2.45) is 0 Å². The zero-order valence-electron chi connectivity index (χ0n) is 12.7. The third-order valence-corrected chi connectivity index (χ3v) is 4.58. The van der Waals surface area contributed by atoms with Crippen molar-refractivity contribution in [1.29, 1.82) is 0 Å². The van der Waals surface area contributed by atoms with Crippen LogP contribution in [-0.4, -0.2) is 24.5 Å². The van der Waals surface area contributed by atoms with Crippen LogP contribution in [0.2, 0.25) is 10.0 Å². The molecule has 1 aliphatic rings. The van der Waals surface area contributed by atoms with E-state index in [1.807, 2.05) is 12.1 Å². The van der Waals surface area contributed by atoms with Crippen LogP contribution < -0.4 is 10.6 Å². The highest BCUT2D eigenvalue weighted by molar-refractivity contribution is 6.42. The molecule has 22 heavy (non-hydrogen) atoms. The highest BCUT2D eigenvalue weighted by atomic mass is 35.5. The Morgan fingerprint density at radius 1 is 1.36 bits per heavy atom. The van der Waals surface area contributed by atoms with Crippen LogP contribution in [0.25, 0.3) is 0 Å². The molecule has 2 atom stereocenters. The molecule has 2 unspecified atom stereocenters. The molecule has 1 fully saturated rings. The average molecular weight is 366 g/mol. The number of carbonyl (C=O) groups excluding carboxylic acids is 1. The summed E-state index contributed by atoms with van der Waals surface area (Å²) in [4.78, 5) is 12.0. The lowest BCUT2D eigenvalue weighted by Gasteiger charge is -2.28. The summed E-state index contributed by atoms with van der Waals surface area (Å²) in [5, 5.41) is 7.65. The van der Waals surface area contributed by atoms with Crippen LogP contribution in [0.5, 0.6) is 0 Å². The molecule has 1 aromatic rings. The number of piperidine rings is 1. The van der Waals surface area contributed by atoms with Crippen molar-refractivity contribution < 1.29 is 4.79 Å². The average Bonchev–Trinajstić information content (AvgIpc) is 2.43. The van der Waals surface area contributed by atoms with Crippen LogP contribution in [-0.2, 0) is 11.2 Å². The second-order valence-electron chi connectivity index (χ2n) is 5.75. The minimum atomic E-state index is 0. The third-order valence-electron chi connectivity index (χ3n) is 3.84. The smallest absolute Gasteiger partial charge is 0.220 e. The van der Waals surface area contributed by atoms with E-state index >= 15 is 0 Å². The fourth-order valence-electron chi connectivity index (χ4n) is 2.71. The van der Waals surface area contributed by atoms with Gasteiger partial charge >= 0.3 is 0 Å². The zero-order valence-corrected chi connectivity index (χ0v) is 15.0. The maximum absolute atomic E-state index is 12.0. The summed E-state index contributed by atoms with van der Waals surface area (Å²) in [5.74, 6) is 0.147. The number of rotatable bonds is 5. The number of halogens is 3. The maximum atomic E-state index is 12.0. The largest absolute Gasteiger partial charge is 0.353 e. The predicted molar refractivity (Wildman–Crippen MR) is 95.3 cm³/mol. The van der Waals surface area contributed by atoms with Crippen molar-refractivity contribution >= 4 is 41.5 Å². The van der Waals surface area contributed by atoms with Gasteiger partial charge in [0.2, 0.25) is 5.91 Å². The van der Waals surface area contributed by atoms with Gasteiger partial charge in [-0.05, 0) is 56.8 Å². The molecule has 1 heterocycles. The standard InChI is InChI=1S/C16H22Cl2N2O.ClH/c1-11-9-13(7-8-19-11)20-16(21)4-2-3-12-5-6-14(17)15(18)10-12;/h5-6,10-11,13,19H,2-4,7-9H2,1H3,(H,20,21);1H. The number of carbonyl (C=O) groups is 1. The molecular formula is C16H23Cl3N2O. The SMILES string of the molecule is CC1CC(NC(=O)CCCc2ccc(Cl)c(Cl)c2)CCN1.Cl. The number of hydrogen-bond donors (Lipinski definition) is 2. The molecule has 0 aromatic heterocycles. The first-order chi connectivity index (χ1) is 10.0. The Labute approximate surface area is 148 Å². The molecule has 0 spiro atoms. The van der Waals surface area contributed by atoms with Gasteiger partial charge in [-0.3, -0.25) is 4.79 Å². The summed E-state index contributed by atoms with van der Waals surface area (Å²) in [6.45, 7) is 3.14. The van der Waals surface area contributed by atoms with E-state index in [2.05, 4.69) is 17.6 Å². The molecule has 0 bridgehead atoms. The number of nitrogens with one attached hydrogen (secondary N) is 2. The summed E-state index contributed by atoms with van der Waals surface area (Å²) >= 11 is 11.9. The topological polar surface area (TPSA) is 41.1 Å². The van der Waals surface area contributed by atoms with Crippen LogP contribution in [0.3, 0.4) is 0 Å². The van der Waals surface area contributed by atoms with Crippen molar-refractivity contribution in [3.8, 4) is 0 Å². The molecule has 1 aromatic carbocycles. The van der Waals surface area contributed by atoms with Gasteiger partial charge in [0.15, 0.2) is 0 Å². The zero-order chi connectivity index (χ0) is 15.2. The van der Waals surface area contributed by atoms with Gasteiger partial charge in [-0.15, -0.1) is 12.4 Å². The second-order valence-corrected chi connectivity index (χ2v) is 6.56. The van der Waals surface area contributed by atoms with Gasteiger partial charge < -0.3 is 10.6 Å². The van der Waals surface area contributed by atoms with E-state index < -0.39 is 0 Å². The van der Waals surface area contributed by atoms with E-state index in [1.54, 1.807) is 6.07 Å². The summed E-state index contributed by atoms with van der Waals surface area (Å²) in [7, 11) is 0. The van der Waals surface area contributed by atoms with Crippen molar-refractivity contribution in [2.45, 2.75) is 51.1 Å². The van der Waals surface area contributed by atoms with Crippen molar-refractivity contribution in [3.63, 3.8) is 0 Å². The monoisotopic (exact) mass is 364 g/mol. The second kappa shape index (κ2) is 9.61. The van der Waals surface area contributed by atoms with Gasteiger partial charge in [0.25, 0.3) is 0 Å². The molecule has 1 saturated heterocycles. The maximum Gasteiger partial charge on any atom is 0.220 e. The number of amides is 1. The molecule has 1 amide bonds. The highest BCUT2D eigenvalue weighted by Gasteiger charge is 2.19. The fraction of sp³-hybridized carbons (Fsp3) is 0.562. The van der Waals surface area contributed by atoms with Gasteiger partial charge in [0, 0.05) is 18.5 Å². The van der Waals surface area contributed by atoms with Gasteiger partial charge in [0.1, 0.15) is 0 Å². The molecule has 0 aliphatic carbocycles. The summed E-state index contributed by atoms with van der Waals surface area (Å²) < 4.78 is 0. The lowest BCUT2D eigenvalue weighted by atomic mass is 10.0. The van der Waals surface area contributed by atoms with E-state index in [4.69, 9.17) is 23.2 Å². The number of benzene rings is 1. The minimum absolute atomic E-state index is 0. The van der Waals surface area contributed by atoms with Crippen LogP contribution in [0.4, 0.5) is 0 Å². The number of aryl methyl sites for hydroxylation is 1. The summed E-state index contributed by atoms with van der Waals surface area (Å²) in [6, 6.07) is 6.44. The predicted octanol–water partition coefficient (Wildman–Crippen LogP) is 3.99. The Morgan fingerprint density at radius 2 is 2.14 bits per heavy atom. The molecule has 0 saturated carbocycles. The quantitative estimate of drug-likeness (QED) is 0.828. The van der Waals surface area contributed by atoms with Gasteiger partial charge in [0.05, 0.1) is 10.0 Å². The van der Waals surface area contributed by atoms with Gasteiger partial charge in [-0.25, -0.2) is 0 Å². The highest BCUT2D eigenvalue weighted by Crippen LogP contribution is 2.23. The normalized spacial score (nSPS) is 21.0. The molecule has 6 heteroatoms. The van der Waals surface area contributed by atoms with Crippen LogP contribution in [0.15, 0.2) is 18.2 Å². The first-order valence-corrected chi connectivity index (χ1v) is 8.27. The van der Waals surface area contributed by atoms with Crippen molar-refractivity contribution in [1.82, 2.24) is 10.6 Å². The van der Waals surface area contributed by atoms with Crippen molar-refractivity contribution in [2.75, 3.05) is 6.54 Å². The first-order valence-electron chi connectivity index (χ1n) is 7.51. The van der Waals surface area contributed by atoms with Gasteiger partial charge in [-0.1, -0.05) is 29.3 Å². The molecule has 0 radical (unpaired) electrons. The van der Waals surface area contributed by atoms with Gasteiger partial charge in [-0.2, -0.15) is 0 Å². The van der Waals surface area contributed by atoms with E-state index in [-0.39, 0.29) is 18.3 Å². The molecular weight excluding hydrogens is 343 g/mol. The molecule has 2 N–H and O–H groups in total. The molecule has 3 nitrogen and oxygen atoms in total. The van der Waals surface area contributed by atoms with Crippen LogP contribution in [0.1, 0.15) is 38.2 Å². The summed E-state index contributed by atoms with van der Waals surface area (Å²) in [6.07, 6.45) is 4.25. The lowest BCUT2D eigenvalue weighted by molar-refractivity contribution is -0.122. The fourth-order valence-corrected chi connectivity index (χ4v) is 3.03. The Morgan fingerprint density at radius 3 is 2.82 bits per heavy atom. The van der Waals surface area contributed by atoms with E-state index in [1.165, 1.54) is 0 Å². The Hall–Kier alpha value is -0.480. The molecule has 1 aliphatic heterocycles. The Kier molecular flexibility index (Phi) is 8.55. The Bertz CT molecular complexity index is 496. The lowest BCUT2D eigenvalue weighted by Crippen LogP contribution is -2.46. The Balaban J connectivity index is 0.00000242.